The van der Waals surface area contributed by atoms with E-state index in [1.165, 1.54) is 12.3 Å². The fourth-order valence-electron chi connectivity index (χ4n) is 1.28. The standard InChI is InChI=1S/C10H6F3NSe/c11-10(12,13)15-8-5-1-3-7-4-2-6-14-9(7)8/h1-6H. The van der Waals surface area contributed by atoms with Crippen LogP contribution in [-0.2, 0) is 0 Å². The molecule has 0 saturated heterocycles. The Morgan fingerprint density at radius 3 is 2.53 bits per heavy atom. The Bertz CT molecular complexity index is 476. The van der Waals surface area contributed by atoms with E-state index in [9.17, 15) is 13.2 Å². The van der Waals surface area contributed by atoms with Crippen LogP contribution in [0.4, 0.5) is 13.2 Å². The summed E-state index contributed by atoms with van der Waals surface area (Å²) in [5, 5.41) is -3.38. The van der Waals surface area contributed by atoms with E-state index in [4.69, 9.17) is 0 Å². The van der Waals surface area contributed by atoms with E-state index in [1.807, 2.05) is 0 Å². The number of halogens is 3. The molecule has 0 N–H and O–H groups in total. The Balaban J connectivity index is 2.52. The third-order valence-corrected chi connectivity index (χ3v) is 3.46. The molecule has 1 aromatic heterocycles. The van der Waals surface area contributed by atoms with Gasteiger partial charge in [-0.2, -0.15) is 0 Å². The third-order valence-electron chi connectivity index (χ3n) is 1.82. The Hall–Kier alpha value is -1.06. The summed E-state index contributed by atoms with van der Waals surface area (Å²) in [5.41, 5.74) is 0.456. The number of alkyl halides is 3. The quantitative estimate of drug-likeness (QED) is 0.727. The number of hydrogen-bond acceptors (Lipinski definition) is 1. The van der Waals surface area contributed by atoms with Gasteiger partial charge in [0.2, 0.25) is 0 Å². The van der Waals surface area contributed by atoms with Crippen LogP contribution in [0, 0.1) is 0 Å². The van der Waals surface area contributed by atoms with Crippen molar-refractivity contribution in [3.63, 3.8) is 0 Å². The number of benzene rings is 1. The van der Waals surface area contributed by atoms with E-state index in [2.05, 4.69) is 4.98 Å². The molecule has 0 aliphatic carbocycles. The maximum atomic E-state index is 12.3. The first kappa shape index (κ1) is 10.5. The fraction of sp³-hybridized carbons (Fsp3) is 0.100. The first-order chi connectivity index (χ1) is 7.06. The summed E-state index contributed by atoms with van der Waals surface area (Å²) in [6.45, 7) is 0. The van der Waals surface area contributed by atoms with Gasteiger partial charge in [0.05, 0.1) is 0 Å². The summed E-state index contributed by atoms with van der Waals surface area (Å²) in [6.07, 6.45) is 1.51. The van der Waals surface area contributed by atoms with Crippen molar-refractivity contribution in [2.24, 2.45) is 0 Å². The fourth-order valence-corrected chi connectivity index (χ4v) is 2.67. The van der Waals surface area contributed by atoms with E-state index in [0.717, 1.165) is 5.39 Å². The molecule has 78 valence electrons. The van der Waals surface area contributed by atoms with Crippen LogP contribution in [0.15, 0.2) is 36.5 Å². The number of pyridine rings is 1. The van der Waals surface area contributed by atoms with Gasteiger partial charge in [0.15, 0.2) is 0 Å². The second-order valence-corrected chi connectivity index (χ2v) is 5.20. The second kappa shape index (κ2) is 3.83. The minimum atomic E-state index is -4.13. The Morgan fingerprint density at radius 2 is 1.80 bits per heavy atom. The minimum absolute atomic E-state index is 0.285. The molecule has 15 heavy (non-hydrogen) atoms. The zero-order chi connectivity index (χ0) is 10.9. The predicted molar refractivity (Wildman–Crippen MR) is 53.2 cm³/mol. The van der Waals surface area contributed by atoms with Gasteiger partial charge in [-0.15, -0.1) is 0 Å². The molecule has 5 heteroatoms. The molecule has 0 aliphatic heterocycles. The van der Waals surface area contributed by atoms with Gasteiger partial charge in [0, 0.05) is 0 Å². The van der Waals surface area contributed by atoms with Gasteiger partial charge in [0.25, 0.3) is 0 Å². The zero-order valence-corrected chi connectivity index (χ0v) is 9.17. The summed E-state index contributed by atoms with van der Waals surface area (Å²) in [4.78, 5) is 3.98. The van der Waals surface area contributed by atoms with Crippen LogP contribution >= 0.6 is 0 Å². The van der Waals surface area contributed by atoms with Gasteiger partial charge in [-0.05, 0) is 0 Å². The predicted octanol–water partition coefficient (Wildman–Crippen LogP) is 2.08. The van der Waals surface area contributed by atoms with Crippen LogP contribution in [0.3, 0.4) is 0 Å². The van der Waals surface area contributed by atoms with Gasteiger partial charge in [-0.1, -0.05) is 0 Å². The Kier molecular flexibility index (Phi) is 2.67. The van der Waals surface area contributed by atoms with E-state index < -0.39 is 20.0 Å². The molecule has 0 fully saturated rings. The summed E-state index contributed by atoms with van der Waals surface area (Å²) < 4.78 is 37.1. The topological polar surface area (TPSA) is 12.9 Å². The van der Waals surface area contributed by atoms with Crippen molar-refractivity contribution in [1.29, 1.82) is 0 Å². The third kappa shape index (κ3) is 2.49. The van der Waals surface area contributed by atoms with Gasteiger partial charge < -0.3 is 0 Å². The molecule has 0 unspecified atom stereocenters. The number of aromatic nitrogens is 1. The molecule has 1 nitrogen and oxygen atoms in total. The van der Waals surface area contributed by atoms with Crippen molar-refractivity contribution in [2.45, 2.75) is 5.07 Å². The SMILES string of the molecule is FC(F)(F)[Se]c1cccc2cccnc12. The summed E-state index contributed by atoms with van der Waals surface area (Å²) >= 11 is -1.53. The molecular weight excluding hydrogens is 270 g/mol. The number of rotatable bonds is 1. The molecule has 0 spiro atoms. The van der Waals surface area contributed by atoms with Crippen LogP contribution in [0.2, 0.25) is 0 Å². The summed E-state index contributed by atoms with van der Waals surface area (Å²) in [7, 11) is 0. The van der Waals surface area contributed by atoms with Crippen LogP contribution in [-0.4, -0.2) is 25.0 Å². The molecule has 0 bridgehead atoms. The van der Waals surface area contributed by atoms with Crippen LogP contribution in [0.5, 0.6) is 0 Å². The number of nitrogens with zero attached hydrogens (tertiary/aromatic N) is 1. The van der Waals surface area contributed by atoms with Crippen molar-refractivity contribution in [3.05, 3.63) is 36.5 Å². The number of para-hydroxylation sites is 1. The van der Waals surface area contributed by atoms with Crippen LogP contribution in [0.1, 0.15) is 0 Å². The van der Waals surface area contributed by atoms with Gasteiger partial charge in [-0.3, -0.25) is 0 Å². The normalized spacial score (nSPS) is 11.9. The maximum absolute atomic E-state index is 12.3. The van der Waals surface area contributed by atoms with E-state index in [0.29, 0.717) is 5.52 Å². The average molecular weight is 276 g/mol. The molecule has 0 amide bonds. The van der Waals surface area contributed by atoms with Gasteiger partial charge >= 0.3 is 90.1 Å². The molecule has 1 aromatic carbocycles. The number of hydrogen-bond donors (Lipinski definition) is 0. The Morgan fingerprint density at radius 1 is 1.07 bits per heavy atom. The van der Waals surface area contributed by atoms with Gasteiger partial charge in [0.1, 0.15) is 0 Å². The summed E-state index contributed by atoms with van der Waals surface area (Å²) in [6, 6.07) is 8.36. The first-order valence-electron chi connectivity index (χ1n) is 4.16. The van der Waals surface area contributed by atoms with Crippen molar-refractivity contribution < 1.29 is 13.2 Å². The average Bonchev–Trinajstić information content (AvgIpc) is 2.16. The second-order valence-electron chi connectivity index (χ2n) is 2.88. The van der Waals surface area contributed by atoms with Crippen molar-refractivity contribution in [2.75, 3.05) is 0 Å². The molecule has 0 saturated carbocycles. The van der Waals surface area contributed by atoms with Crippen molar-refractivity contribution in [1.82, 2.24) is 4.98 Å². The van der Waals surface area contributed by atoms with Gasteiger partial charge in [-0.25, -0.2) is 0 Å². The van der Waals surface area contributed by atoms with E-state index in [1.54, 1.807) is 24.3 Å². The molecule has 0 atom stereocenters. The first-order valence-corrected chi connectivity index (χ1v) is 5.87. The van der Waals surface area contributed by atoms with Crippen LogP contribution in [0.25, 0.3) is 10.9 Å². The van der Waals surface area contributed by atoms with E-state index in [-0.39, 0.29) is 4.46 Å². The molecule has 2 rings (SSSR count). The zero-order valence-electron chi connectivity index (χ0n) is 7.45. The van der Waals surface area contributed by atoms with Crippen LogP contribution < -0.4 is 4.46 Å². The molecule has 2 aromatic rings. The Labute approximate surface area is 90.5 Å². The van der Waals surface area contributed by atoms with E-state index >= 15 is 0 Å². The monoisotopic (exact) mass is 277 g/mol. The molecule has 1 heterocycles. The molecule has 0 aliphatic rings. The molecular formula is C10H6F3NSe. The summed E-state index contributed by atoms with van der Waals surface area (Å²) in [5.74, 6) is 0. The number of fused-ring (bicyclic) bond motifs is 1. The van der Waals surface area contributed by atoms with Crippen molar-refractivity contribution in [3.8, 4) is 0 Å². The van der Waals surface area contributed by atoms with Crippen molar-refractivity contribution >= 4 is 30.3 Å². The molecule has 0 radical (unpaired) electrons.